The zero-order valence-corrected chi connectivity index (χ0v) is 13.5. The smallest absolute Gasteiger partial charge is 0.0624 e. The minimum absolute atomic E-state index is 0.0152. The monoisotopic (exact) mass is 285 g/mol. The summed E-state index contributed by atoms with van der Waals surface area (Å²) in [4.78, 5) is 0. The predicted octanol–water partition coefficient (Wildman–Crippen LogP) is 3.44. The molecule has 0 amide bonds. The van der Waals surface area contributed by atoms with Crippen molar-refractivity contribution in [3.8, 4) is 0 Å². The summed E-state index contributed by atoms with van der Waals surface area (Å²) >= 11 is 2.13. The van der Waals surface area contributed by atoms with Crippen LogP contribution in [-0.4, -0.2) is 34.8 Å². The molecule has 0 radical (unpaired) electrons. The lowest BCUT2D eigenvalue weighted by Gasteiger charge is -2.36. The summed E-state index contributed by atoms with van der Waals surface area (Å²) in [7, 11) is 0. The Labute approximate surface area is 123 Å². The first-order chi connectivity index (χ1) is 9.20. The van der Waals surface area contributed by atoms with Crippen molar-refractivity contribution in [1.82, 2.24) is 5.32 Å². The minimum atomic E-state index is 0.0152. The molecule has 2 rings (SSSR count). The van der Waals surface area contributed by atoms with Crippen molar-refractivity contribution in [2.24, 2.45) is 11.8 Å². The molecule has 3 atom stereocenters. The van der Waals surface area contributed by atoms with Gasteiger partial charge in [0.05, 0.1) is 12.1 Å². The van der Waals surface area contributed by atoms with E-state index in [0.717, 1.165) is 35.8 Å². The van der Waals surface area contributed by atoms with Crippen molar-refractivity contribution in [2.45, 2.75) is 69.6 Å². The maximum absolute atomic E-state index is 9.92. The third-order valence-corrected chi connectivity index (χ3v) is 6.41. The Kier molecular flexibility index (Phi) is 6.04. The first-order valence-electron chi connectivity index (χ1n) is 8.17. The van der Waals surface area contributed by atoms with Crippen LogP contribution >= 0.6 is 11.8 Å². The first-order valence-corrected chi connectivity index (χ1v) is 9.22. The third-order valence-electron chi connectivity index (χ3n) is 4.83. The van der Waals surface area contributed by atoms with Gasteiger partial charge in [0.15, 0.2) is 0 Å². The number of rotatable bonds is 8. The Bertz CT molecular complexity index is 269. The molecule has 0 aromatic heterocycles. The van der Waals surface area contributed by atoms with Gasteiger partial charge in [0, 0.05) is 11.0 Å². The minimum Gasteiger partial charge on any atom is -0.394 e. The highest BCUT2D eigenvalue weighted by molar-refractivity contribution is 8.00. The van der Waals surface area contributed by atoms with Crippen molar-refractivity contribution in [1.29, 1.82) is 0 Å². The van der Waals surface area contributed by atoms with Gasteiger partial charge < -0.3 is 10.4 Å². The fourth-order valence-corrected chi connectivity index (χ4v) is 5.11. The van der Waals surface area contributed by atoms with Crippen molar-refractivity contribution >= 4 is 11.8 Å². The van der Waals surface area contributed by atoms with Crippen LogP contribution < -0.4 is 5.32 Å². The van der Waals surface area contributed by atoms with E-state index in [1.54, 1.807) is 0 Å². The van der Waals surface area contributed by atoms with Gasteiger partial charge in [-0.3, -0.25) is 0 Å². The highest BCUT2D eigenvalue weighted by atomic mass is 32.2. The SMILES string of the molecule is CCCNC(CO)(CSC1CCCC(C)C1)C1CC1. The summed E-state index contributed by atoms with van der Waals surface area (Å²) in [5.41, 5.74) is 0.0152. The predicted molar refractivity (Wildman–Crippen MR) is 84.7 cm³/mol. The van der Waals surface area contributed by atoms with Gasteiger partial charge in [0.2, 0.25) is 0 Å². The Morgan fingerprint density at radius 2 is 2.05 bits per heavy atom. The van der Waals surface area contributed by atoms with Crippen molar-refractivity contribution in [2.75, 3.05) is 18.9 Å². The van der Waals surface area contributed by atoms with Crippen LogP contribution in [0.25, 0.3) is 0 Å². The molecule has 3 unspecified atom stereocenters. The lowest BCUT2D eigenvalue weighted by Crippen LogP contribution is -2.53. The van der Waals surface area contributed by atoms with Crippen molar-refractivity contribution in [3.63, 3.8) is 0 Å². The van der Waals surface area contributed by atoms with Gasteiger partial charge >= 0.3 is 0 Å². The van der Waals surface area contributed by atoms with Crippen LogP contribution in [0.15, 0.2) is 0 Å². The van der Waals surface area contributed by atoms with Crippen LogP contribution in [0.4, 0.5) is 0 Å². The summed E-state index contributed by atoms with van der Waals surface area (Å²) in [6, 6.07) is 0. The maximum Gasteiger partial charge on any atom is 0.0624 e. The molecule has 112 valence electrons. The molecule has 0 aromatic rings. The van der Waals surface area contributed by atoms with Crippen LogP contribution in [0.5, 0.6) is 0 Å². The Morgan fingerprint density at radius 3 is 2.63 bits per heavy atom. The number of thioether (sulfide) groups is 1. The van der Waals surface area contributed by atoms with Gasteiger partial charge in [0.1, 0.15) is 0 Å². The average Bonchev–Trinajstić information content (AvgIpc) is 3.25. The third kappa shape index (κ3) is 4.37. The molecule has 0 aliphatic heterocycles. The topological polar surface area (TPSA) is 32.3 Å². The van der Waals surface area contributed by atoms with E-state index in [1.165, 1.54) is 38.5 Å². The number of nitrogens with one attached hydrogen (secondary N) is 1. The number of aliphatic hydroxyl groups is 1. The van der Waals surface area contributed by atoms with E-state index in [1.807, 2.05) is 0 Å². The molecule has 2 aliphatic carbocycles. The Morgan fingerprint density at radius 1 is 1.26 bits per heavy atom. The molecule has 0 spiro atoms. The van der Waals surface area contributed by atoms with Crippen molar-refractivity contribution in [3.05, 3.63) is 0 Å². The van der Waals surface area contributed by atoms with E-state index >= 15 is 0 Å². The Hall–Kier alpha value is 0.270. The van der Waals surface area contributed by atoms with Gasteiger partial charge in [-0.25, -0.2) is 0 Å². The molecular formula is C16H31NOS. The largest absolute Gasteiger partial charge is 0.394 e. The average molecular weight is 285 g/mol. The molecule has 0 heterocycles. The molecular weight excluding hydrogens is 254 g/mol. The molecule has 0 bridgehead atoms. The standard InChI is InChI=1S/C16H31NOS/c1-3-9-17-16(11-18,14-7-8-14)12-19-15-6-4-5-13(2)10-15/h13-15,17-18H,3-12H2,1-2H3. The molecule has 2 N–H and O–H groups in total. The quantitative estimate of drug-likeness (QED) is 0.716. The number of hydrogen-bond acceptors (Lipinski definition) is 3. The summed E-state index contributed by atoms with van der Waals surface area (Å²) in [6.07, 6.45) is 9.34. The number of aliphatic hydroxyl groups excluding tert-OH is 1. The fraction of sp³-hybridized carbons (Fsp3) is 1.00. The van der Waals surface area contributed by atoms with Gasteiger partial charge in [0.25, 0.3) is 0 Å². The van der Waals surface area contributed by atoms with Gasteiger partial charge in [-0.1, -0.05) is 26.7 Å². The molecule has 3 heteroatoms. The molecule has 19 heavy (non-hydrogen) atoms. The van der Waals surface area contributed by atoms with E-state index < -0.39 is 0 Å². The first kappa shape index (κ1) is 15.7. The van der Waals surface area contributed by atoms with Gasteiger partial charge in [-0.05, 0) is 50.5 Å². The highest BCUT2D eigenvalue weighted by Gasteiger charge is 2.44. The van der Waals surface area contributed by atoms with Gasteiger partial charge in [-0.15, -0.1) is 0 Å². The molecule has 2 fully saturated rings. The summed E-state index contributed by atoms with van der Waals surface area (Å²) in [5.74, 6) is 2.72. The van der Waals surface area contributed by atoms with Crippen molar-refractivity contribution < 1.29 is 5.11 Å². The summed E-state index contributed by atoms with van der Waals surface area (Å²) in [5, 5.41) is 14.4. The molecule has 0 saturated heterocycles. The molecule has 0 aromatic carbocycles. The lowest BCUT2D eigenvalue weighted by atomic mass is 9.90. The lowest BCUT2D eigenvalue weighted by molar-refractivity contribution is 0.159. The second-order valence-electron chi connectivity index (χ2n) is 6.72. The van der Waals surface area contributed by atoms with Crippen LogP contribution in [0.2, 0.25) is 0 Å². The summed E-state index contributed by atoms with van der Waals surface area (Å²) in [6.45, 7) is 5.95. The van der Waals surface area contributed by atoms with E-state index in [-0.39, 0.29) is 5.54 Å². The zero-order valence-electron chi connectivity index (χ0n) is 12.7. The highest BCUT2D eigenvalue weighted by Crippen LogP contribution is 2.43. The normalized spacial score (nSPS) is 31.1. The van der Waals surface area contributed by atoms with Crippen LogP contribution in [-0.2, 0) is 0 Å². The summed E-state index contributed by atoms with van der Waals surface area (Å²) < 4.78 is 0. The van der Waals surface area contributed by atoms with E-state index in [0.29, 0.717) is 6.61 Å². The van der Waals surface area contributed by atoms with E-state index in [4.69, 9.17) is 0 Å². The molecule has 2 nitrogen and oxygen atoms in total. The number of hydrogen-bond donors (Lipinski definition) is 2. The zero-order chi connectivity index (χ0) is 13.7. The molecule has 2 aliphatic rings. The van der Waals surface area contributed by atoms with Crippen LogP contribution in [0.1, 0.15) is 58.8 Å². The van der Waals surface area contributed by atoms with Gasteiger partial charge in [-0.2, -0.15) is 11.8 Å². The molecule has 2 saturated carbocycles. The van der Waals surface area contributed by atoms with Crippen LogP contribution in [0, 0.1) is 11.8 Å². The van der Waals surface area contributed by atoms with E-state index in [9.17, 15) is 5.11 Å². The maximum atomic E-state index is 9.92. The Balaban J connectivity index is 1.84. The fourth-order valence-electron chi connectivity index (χ4n) is 3.35. The van der Waals surface area contributed by atoms with E-state index in [2.05, 4.69) is 30.9 Å². The van der Waals surface area contributed by atoms with Crippen LogP contribution in [0.3, 0.4) is 0 Å². The second kappa shape index (κ2) is 7.33. The second-order valence-corrected chi connectivity index (χ2v) is 8.01.